The summed E-state index contributed by atoms with van der Waals surface area (Å²) in [7, 11) is 0. The molecule has 0 bridgehead atoms. The molecule has 0 unspecified atom stereocenters. The highest BCUT2D eigenvalue weighted by molar-refractivity contribution is 5.79. The van der Waals surface area contributed by atoms with Gasteiger partial charge in [0, 0.05) is 19.3 Å². The van der Waals surface area contributed by atoms with E-state index in [4.69, 9.17) is 4.74 Å². The molecule has 2 rings (SSSR count). The zero-order valence-corrected chi connectivity index (χ0v) is 13.0. The molecule has 2 N–H and O–H groups in total. The Morgan fingerprint density at radius 1 is 1.33 bits per heavy atom. The summed E-state index contributed by atoms with van der Waals surface area (Å²) in [6.07, 6.45) is 6.89. The quantitative estimate of drug-likeness (QED) is 0.809. The summed E-state index contributed by atoms with van der Waals surface area (Å²) in [5.74, 6) is 0.517. The molecule has 0 radical (unpaired) electrons. The number of carbonyl (C=O) groups excluding carboxylic acids is 1. The maximum absolute atomic E-state index is 12.1. The minimum absolute atomic E-state index is 0.0580. The molecule has 1 heterocycles. The van der Waals surface area contributed by atoms with Crippen LogP contribution in [-0.4, -0.2) is 37.2 Å². The second-order valence-corrected chi connectivity index (χ2v) is 6.42. The van der Waals surface area contributed by atoms with Gasteiger partial charge in [-0.15, -0.1) is 0 Å². The SMILES string of the molecule is C[C@H](NCC(=O)NC1(C#N)CCCCC1)C1CCOCC1. The lowest BCUT2D eigenvalue weighted by Gasteiger charge is -2.32. The van der Waals surface area contributed by atoms with E-state index in [0.29, 0.717) is 18.5 Å². The van der Waals surface area contributed by atoms with Gasteiger partial charge in [0.05, 0.1) is 12.6 Å². The van der Waals surface area contributed by atoms with E-state index < -0.39 is 5.54 Å². The molecule has 1 aliphatic heterocycles. The van der Waals surface area contributed by atoms with Crippen LogP contribution in [0, 0.1) is 17.2 Å². The lowest BCUT2D eigenvalue weighted by Crippen LogP contribution is -2.52. The summed E-state index contributed by atoms with van der Waals surface area (Å²) in [6, 6.07) is 2.63. The molecular formula is C16H27N3O2. The first-order valence-corrected chi connectivity index (χ1v) is 8.19. The smallest absolute Gasteiger partial charge is 0.235 e. The van der Waals surface area contributed by atoms with Gasteiger partial charge in [-0.1, -0.05) is 19.3 Å². The Balaban J connectivity index is 1.74. The van der Waals surface area contributed by atoms with E-state index in [1.165, 1.54) is 6.42 Å². The number of amides is 1. The fourth-order valence-corrected chi connectivity index (χ4v) is 3.37. The monoisotopic (exact) mass is 293 g/mol. The van der Waals surface area contributed by atoms with Gasteiger partial charge in [0.1, 0.15) is 5.54 Å². The van der Waals surface area contributed by atoms with Gasteiger partial charge in [-0.25, -0.2) is 0 Å². The number of nitriles is 1. The first kappa shape index (κ1) is 16.3. The van der Waals surface area contributed by atoms with Crippen molar-refractivity contribution in [3.05, 3.63) is 0 Å². The lowest BCUT2D eigenvalue weighted by molar-refractivity contribution is -0.122. The highest BCUT2D eigenvalue weighted by Gasteiger charge is 2.33. The Kier molecular flexibility index (Phi) is 6.01. The molecule has 1 saturated heterocycles. The number of nitrogens with one attached hydrogen (secondary N) is 2. The first-order valence-electron chi connectivity index (χ1n) is 8.19. The van der Waals surface area contributed by atoms with Crippen molar-refractivity contribution in [2.45, 2.75) is 63.5 Å². The average molecular weight is 293 g/mol. The third-order valence-electron chi connectivity index (χ3n) is 4.86. The molecule has 118 valence electrons. The van der Waals surface area contributed by atoms with Crippen molar-refractivity contribution in [1.29, 1.82) is 5.26 Å². The molecule has 0 aromatic rings. The molecule has 0 aromatic carbocycles. The van der Waals surface area contributed by atoms with Crippen LogP contribution in [0.3, 0.4) is 0 Å². The Hall–Kier alpha value is -1.12. The van der Waals surface area contributed by atoms with Crippen molar-refractivity contribution in [3.8, 4) is 6.07 Å². The van der Waals surface area contributed by atoms with Crippen molar-refractivity contribution in [2.75, 3.05) is 19.8 Å². The van der Waals surface area contributed by atoms with Crippen LogP contribution in [0.25, 0.3) is 0 Å². The van der Waals surface area contributed by atoms with E-state index >= 15 is 0 Å². The van der Waals surface area contributed by atoms with Crippen LogP contribution in [0.1, 0.15) is 51.9 Å². The van der Waals surface area contributed by atoms with Gasteiger partial charge >= 0.3 is 0 Å². The van der Waals surface area contributed by atoms with E-state index in [-0.39, 0.29) is 5.91 Å². The number of rotatable bonds is 5. The first-order chi connectivity index (χ1) is 10.2. The number of carbonyl (C=O) groups is 1. The van der Waals surface area contributed by atoms with Crippen molar-refractivity contribution >= 4 is 5.91 Å². The van der Waals surface area contributed by atoms with E-state index in [2.05, 4.69) is 23.6 Å². The van der Waals surface area contributed by atoms with E-state index in [1.54, 1.807) is 0 Å². The van der Waals surface area contributed by atoms with Crippen molar-refractivity contribution in [1.82, 2.24) is 10.6 Å². The van der Waals surface area contributed by atoms with Gasteiger partial charge in [0.15, 0.2) is 0 Å². The normalized spacial score (nSPS) is 24.0. The van der Waals surface area contributed by atoms with Gasteiger partial charge in [-0.05, 0) is 38.5 Å². The summed E-state index contributed by atoms with van der Waals surface area (Å²) in [5.41, 5.74) is -0.626. The molecular weight excluding hydrogens is 266 g/mol. The fourth-order valence-electron chi connectivity index (χ4n) is 3.37. The second-order valence-electron chi connectivity index (χ2n) is 6.42. The topological polar surface area (TPSA) is 74.2 Å². The van der Waals surface area contributed by atoms with Gasteiger partial charge in [0.25, 0.3) is 0 Å². The third kappa shape index (κ3) is 4.69. The molecule has 1 aliphatic carbocycles. The molecule has 5 nitrogen and oxygen atoms in total. The standard InChI is InChI=1S/C16H27N3O2/c1-13(14-5-9-21-10-6-14)18-11-15(20)19-16(12-17)7-3-2-4-8-16/h13-14,18H,2-11H2,1H3,(H,19,20)/t13-/m0/s1. The van der Waals surface area contributed by atoms with Crippen LogP contribution in [0.2, 0.25) is 0 Å². The van der Waals surface area contributed by atoms with Crippen LogP contribution in [-0.2, 0) is 9.53 Å². The summed E-state index contributed by atoms with van der Waals surface area (Å²) >= 11 is 0. The minimum atomic E-state index is -0.626. The summed E-state index contributed by atoms with van der Waals surface area (Å²) in [4.78, 5) is 12.1. The van der Waals surface area contributed by atoms with Crippen LogP contribution < -0.4 is 10.6 Å². The summed E-state index contributed by atoms with van der Waals surface area (Å²) in [5, 5.41) is 15.6. The second kappa shape index (κ2) is 7.77. The molecule has 0 spiro atoms. The molecule has 2 fully saturated rings. The highest BCUT2D eigenvalue weighted by atomic mass is 16.5. The minimum Gasteiger partial charge on any atom is -0.381 e. The van der Waals surface area contributed by atoms with Crippen LogP contribution >= 0.6 is 0 Å². The van der Waals surface area contributed by atoms with Crippen LogP contribution in [0.15, 0.2) is 0 Å². The molecule has 1 amide bonds. The summed E-state index contributed by atoms with van der Waals surface area (Å²) in [6.45, 7) is 4.06. The molecule has 21 heavy (non-hydrogen) atoms. The molecule has 1 saturated carbocycles. The number of nitrogens with zero attached hydrogens (tertiary/aromatic N) is 1. The molecule has 2 aliphatic rings. The van der Waals surface area contributed by atoms with Gasteiger partial charge in [-0.3, -0.25) is 4.79 Å². The lowest BCUT2D eigenvalue weighted by atomic mass is 9.83. The van der Waals surface area contributed by atoms with E-state index in [9.17, 15) is 10.1 Å². The summed E-state index contributed by atoms with van der Waals surface area (Å²) < 4.78 is 5.36. The average Bonchev–Trinajstić information content (AvgIpc) is 2.54. The predicted molar refractivity (Wildman–Crippen MR) is 80.6 cm³/mol. The van der Waals surface area contributed by atoms with Crippen LogP contribution in [0.5, 0.6) is 0 Å². The fraction of sp³-hybridized carbons (Fsp3) is 0.875. The molecule has 0 aromatic heterocycles. The largest absolute Gasteiger partial charge is 0.381 e. The van der Waals surface area contributed by atoms with E-state index in [1.807, 2.05) is 0 Å². The van der Waals surface area contributed by atoms with Crippen molar-refractivity contribution < 1.29 is 9.53 Å². The Bertz CT molecular complexity index is 379. The number of ether oxygens (including phenoxy) is 1. The Morgan fingerprint density at radius 3 is 2.62 bits per heavy atom. The maximum atomic E-state index is 12.1. The maximum Gasteiger partial charge on any atom is 0.235 e. The third-order valence-corrected chi connectivity index (χ3v) is 4.86. The zero-order valence-electron chi connectivity index (χ0n) is 13.0. The zero-order chi connectivity index (χ0) is 15.1. The van der Waals surface area contributed by atoms with Crippen molar-refractivity contribution in [3.63, 3.8) is 0 Å². The molecule has 1 atom stereocenters. The Labute approximate surface area is 127 Å². The Morgan fingerprint density at radius 2 is 2.00 bits per heavy atom. The number of hydrogen-bond donors (Lipinski definition) is 2. The highest BCUT2D eigenvalue weighted by Crippen LogP contribution is 2.27. The van der Waals surface area contributed by atoms with Gasteiger partial charge < -0.3 is 15.4 Å². The molecule has 5 heteroatoms. The van der Waals surface area contributed by atoms with Gasteiger partial charge in [0.2, 0.25) is 5.91 Å². The van der Waals surface area contributed by atoms with Crippen LogP contribution in [0.4, 0.5) is 0 Å². The predicted octanol–water partition coefficient (Wildman–Crippen LogP) is 1.73. The van der Waals surface area contributed by atoms with Gasteiger partial charge in [-0.2, -0.15) is 5.26 Å². The van der Waals surface area contributed by atoms with E-state index in [0.717, 1.165) is 51.7 Å². The number of hydrogen-bond acceptors (Lipinski definition) is 4. The van der Waals surface area contributed by atoms with Crippen molar-refractivity contribution in [2.24, 2.45) is 5.92 Å².